The average molecular weight is 1850 g/mol. The fourth-order valence-corrected chi connectivity index (χ4v) is 17.7. The van der Waals surface area contributed by atoms with E-state index in [9.17, 15) is 0 Å². The molecule has 24 rings (SSSR count). The summed E-state index contributed by atoms with van der Waals surface area (Å²) in [5.41, 5.74) is 34.5. The van der Waals surface area contributed by atoms with Crippen LogP contribution < -0.4 is 0 Å². The quantitative estimate of drug-likeness (QED) is 0.0667. The molecule has 0 aliphatic heterocycles. The minimum atomic E-state index is 0.604. The van der Waals surface area contributed by atoms with Gasteiger partial charge in [-0.25, -0.2) is 44.9 Å². The lowest BCUT2D eigenvalue weighted by atomic mass is 9.92. The molecule has 678 valence electrons. The standard InChI is InChI=1S/C45H31N3.2C43H29N5/c1-5-15-32(16-6-1)36-23-13-25-38(27-36)40-29-41(39-26-14-24-37(28-39)33-17-7-2-8-18-33)31-42(30-40)45-47-43(34-19-9-3-10-20-34)46-44(48-45)35-21-11-4-12-22-35;1-3-13-30(14-4-1)41-46-42(31-15-5-2-6-16-31)48-43(47-41)38-28-36(32-17-11-19-34(25-32)39-21-7-9-23-44-39)27-37(29-38)33-18-12-20-35(26-33)40-22-8-10-24-45-40;1-3-9-32(10-4-1)41-46-42(33-11-5-2-6-12-33)48-43(47-41)40-28-38(36-15-7-13-34(25-36)30-17-21-44-22-18-30)27-39(29-40)37-16-8-14-35(26-37)31-19-23-45-24-20-31/h1-31H;2*1-29H. The summed E-state index contributed by atoms with van der Waals surface area (Å²) >= 11 is 0. The summed E-state index contributed by atoms with van der Waals surface area (Å²) in [6.07, 6.45) is 10.9. The van der Waals surface area contributed by atoms with Crippen LogP contribution in [-0.4, -0.2) is 64.8 Å². The monoisotopic (exact) mass is 1840 g/mol. The van der Waals surface area contributed by atoms with E-state index in [0.717, 1.165) is 162 Å². The van der Waals surface area contributed by atoms with Gasteiger partial charge in [0, 0.05) is 98.4 Å². The minimum Gasteiger partial charge on any atom is -0.265 e. The van der Waals surface area contributed by atoms with Gasteiger partial charge in [-0.05, 0) is 251 Å². The van der Waals surface area contributed by atoms with Crippen molar-refractivity contribution in [3.8, 4) is 236 Å². The number of pyridine rings is 4. The van der Waals surface area contributed by atoms with Crippen molar-refractivity contribution in [1.29, 1.82) is 0 Å². The molecule has 0 amide bonds. The van der Waals surface area contributed by atoms with Crippen molar-refractivity contribution in [2.24, 2.45) is 0 Å². The molecule has 0 atom stereocenters. The maximum atomic E-state index is 5.08. The molecule has 0 aliphatic carbocycles. The Hall–Kier alpha value is -19.6. The smallest absolute Gasteiger partial charge is 0.164 e. The van der Waals surface area contributed by atoms with Crippen LogP contribution in [0.1, 0.15) is 0 Å². The molecule has 0 N–H and O–H groups in total. The summed E-state index contributed by atoms with van der Waals surface area (Å²) in [5.74, 6) is 5.64. The highest BCUT2D eigenvalue weighted by molar-refractivity contribution is 5.89. The molecule has 7 aromatic heterocycles. The van der Waals surface area contributed by atoms with Crippen molar-refractivity contribution in [3.05, 3.63) is 541 Å². The van der Waals surface area contributed by atoms with Crippen molar-refractivity contribution in [2.75, 3.05) is 0 Å². The van der Waals surface area contributed by atoms with Gasteiger partial charge >= 0.3 is 0 Å². The topological polar surface area (TPSA) is 168 Å². The normalized spacial score (nSPS) is 10.9. The number of benzene rings is 17. The molecular weight excluding hydrogens is 1760 g/mol. The van der Waals surface area contributed by atoms with Crippen LogP contribution in [0.25, 0.3) is 236 Å². The van der Waals surface area contributed by atoms with Gasteiger partial charge in [-0.2, -0.15) is 0 Å². The second-order valence-electron chi connectivity index (χ2n) is 34.6. The predicted molar refractivity (Wildman–Crippen MR) is 585 cm³/mol. The Morgan fingerprint density at radius 3 is 0.438 bits per heavy atom. The molecule has 0 fully saturated rings. The third-order valence-electron chi connectivity index (χ3n) is 25.0. The summed E-state index contributed by atoms with van der Waals surface area (Å²) < 4.78 is 0. The summed E-state index contributed by atoms with van der Waals surface area (Å²) in [4.78, 5) is 62.8. The number of rotatable bonds is 21. The lowest BCUT2D eigenvalue weighted by Crippen LogP contribution is -2.00. The van der Waals surface area contributed by atoms with Crippen LogP contribution in [0.4, 0.5) is 0 Å². The molecule has 7 heterocycles. The second-order valence-corrected chi connectivity index (χ2v) is 34.6. The van der Waals surface area contributed by atoms with Crippen LogP contribution in [0.15, 0.2) is 541 Å². The zero-order valence-electron chi connectivity index (χ0n) is 78.2. The number of hydrogen-bond donors (Lipinski definition) is 0. The van der Waals surface area contributed by atoms with E-state index in [1.165, 1.54) is 22.3 Å². The highest BCUT2D eigenvalue weighted by Crippen LogP contribution is 2.42. The maximum Gasteiger partial charge on any atom is 0.164 e. The Morgan fingerprint density at radius 2 is 0.236 bits per heavy atom. The van der Waals surface area contributed by atoms with E-state index in [4.69, 9.17) is 44.9 Å². The summed E-state index contributed by atoms with van der Waals surface area (Å²) in [6, 6.07) is 173. The van der Waals surface area contributed by atoms with Gasteiger partial charge in [0.1, 0.15) is 0 Å². The van der Waals surface area contributed by atoms with Crippen molar-refractivity contribution in [3.63, 3.8) is 0 Å². The van der Waals surface area contributed by atoms with E-state index < -0.39 is 0 Å². The van der Waals surface area contributed by atoms with Gasteiger partial charge in [0.05, 0.1) is 11.4 Å². The van der Waals surface area contributed by atoms with Crippen LogP contribution >= 0.6 is 0 Å². The SMILES string of the molecule is c1ccc(-c2cccc(-c3cc(-c4cccc(-c5ccccc5)c4)cc(-c4nc(-c5ccccc5)nc(-c5ccccc5)n4)c3)c2)cc1.c1ccc(-c2nc(-c3ccccc3)nc(-c3cc(-c4cccc(-c5ccccn5)c4)cc(-c4cccc(-c5ccccn5)c4)c3)n2)cc1.c1ccc(-c2nc(-c3ccccc3)nc(-c3cc(-c4cccc(-c5ccncc5)c4)cc(-c4cccc(-c5ccncc5)c4)c3)n2)cc1. The van der Waals surface area contributed by atoms with Crippen LogP contribution in [0, 0.1) is 0 Å². The van der Waals surface area contributed by atoms with Crippen molar-refractivity contribution >= 4 is 0 Å². The Labute approximate surface area is 836 Å². The molecule has 13 heteroatoms. The van der Waals surface area contributed by atoms with Crippen molar-refractivity contribution in [2.45, 2.75) is 0 Å². The number of nitrogens with zero attached hydrogens (tertiary/aromatic N) is 13. The van der Waals surface area contributed by atoms with E-state index in [-0.39, 0.29) is 0 Å². The summed E-state index contributed by atoms with van der Waals surface area (Å²) in [5, 5.41) is 0. The van der Waals surface area contributed by atoms with Gasteiger partial charge in [-0.15, -0.1) is 0 Å². The Balaban J connectivity index is 0.000000123. The molecule has 0 aliphatic rings. The third-order valence-corrected chi connectivity index (χ3v) is 25.0. The first-order valence-corrected chi connectivity index (χ1v) is 47.7. The molecule has 144 heavy (non-hydrogen) atoms. The molecule has 0 saturated heterocycles. The summed E-state index contributed by atoms with van der Waals surface area (Å²) in [6.45, 7) is 0. The largest absolute Gasteiger partial charge is 0.265 e. The lowest BCUT2D eigenvalue weighted by molar-refractivity contribution is 1.07. The minimum absolute atomic E-state index is 0.604. The van der Waals surface area contributed by atoms with Gasteiger partial charge in [0.25, 0.3) is 0 Å². The third kappa shape index (κ3) is 21.1. The van der Waals surface area contributed by atoms with Crippen molar-refractivity contribution in [1.82, 2.24) is 64.8 Å². The lowest BCUT2D eigenvalue weighted by Gasteiger charge is -2.14. The Morgan fingerprint density at radius 1 is 0.0903 bits per heavy atom. The fraction of sp³-hybridized carbons (Fsp3) is 0. The Kier molecular flexibility index (Phi) is 26.5. The first-order valence-electron chi connectivity index (χ1n) is 47.7. The van der Waals surface area contributed by atoms with Gasteiger partial charge in [-0.1, -0.05) is 364 Å². The van der Waals surface area contributed by atoms with E-state index in [2.05, 4.69) is 281 Å². The predicted octanol–water partition coefficient (Wildman–Crippen LogP) is 32.2. The van der Waals surface area contributed by atoms with Crippen LogP contribution in [0.3, 0.4) is 0 Å². The van der Waals surface area contributed by atoms with E-state index in [0.29, 0.717) is 52.4 Å². The molecule has 0 radical (unpaired) electrons. The molecule has 24 aromatic rings. The number of hydrogen-bond acceptors (Lipinski definition) is 13. The molecular formula is C131H89N13. The first-order chi connectivity index (χ1) is 71.3. The van der Waals surface area contributed by atoms with E-state index in [1.54, 1.807) is 0 Å². The van der Waals surface area contributed by atoms with E-state index in [1.807, 2.05) is 280 Å². The van der Waals surface area contributed by atoms with E-state index >= 15 is 0 Å². The number of aromatic nitrogens is 13. The molecule has 17 aromatic carbocycles. The van der Waals surface area contributed by atoms with Crippen LogP contribution in [0.2, 0.25) is 0 Å². The summed E-state index contributed by atoms with van der Waals surface area (Å²) in [7, 11) is 0. The second kappa shape index (κ2) is 42.5. The Bertz CT molecular complexity index is 7290. The molecule has 0 unspecified atom stereocenters. The molecule has 0 saturated carbocycles. The van der Waals surface area contributed by atoms with Crippen LogP contribution in [-0.2, 0) is 0 Å². The highest BCUT2D eigenvalue weighted by atomic mass is 15.1. The maximum absolute atomic E-state index is 5.08. The van der Waals surface area contributed by atoms with Gasteiger partial charge in [0.2, 0.25) is 0 Å². The molecule has 0 spiro atoms. The zero-order valence-corrected chi connectivity index (χ0v) is 78.2. The van der Waals surface area contributed by atoms with Crippen molar-refractivity contribution < 1.29 is 0 Å². The highest BCUT2D eigenvalue weighted by Gasteiger charge is 2.22. The average Bonchev–Trinajstić information content (AvgIpc) is 0.790. The van der Waals surface area contributed by atoms with Gasteiger partial charge < -0.3 is 0 Å². The first kappa shape index (κ1) is 89.6. The molecule has 0 bridgehead atoms. The van der Waals surface area contributed by atoms with Crippen LogP contribution in [0.5, 0.6) is 0 Å². The zero-order chi connectivity index (χ0) is 96.4. The molecule has 13 nitrogen and oxygen atoms in total. The van der Waals surface area contributed by atoms with Gasteiger partial charge in [0.15, 0.2) is 52.4 Å². The van der Waals surface area contributed by atoms with Gasteiger partial charge in [-0.3, -0.25) is 19.9 Å². The fourth-order valence-electron chi connectivity index (χ4n) is 17.7.